The third kappa shape index (κ3) is 7.40. The molecule has 1 atom stereocenters. The van der Waals surface area contributed by atoms with Gasteiger partial charge in [-0.15, -0.1) is 0 Å². The average molecular weight is 249 g/mol. The summed E-state index contributed by atoms with van der Waals surface area (Å²) in [6.45, 7) is 4.18. The van der Waals surface area contributed by atoms with Crippen LogP contribution in [0.25, 0.3) is 0 Å². The molecule has 0 aromatic rings. The lowest BCUT2D eigenvalue weighted by atomic mass is 10.1. The van der Waals surface area contributed by atoms with Crippen molar-refractivity contribution < 1.29 is 14.3 Å². The Balaban J connectivity index is 3.79. The molecule has 0 heterocycles. The van der Waals surface area contributed by atoms with Gasteiger partial charge >= 0.3 is 6.16 Å². The fourth-order valence-corrected chi connectivity index (χ4v) is 2.91. The van der Waals surface area contributed by atoms with Crippen LogP contribution < -0.4 is 0 Å². The summed E-state index contributed by atoms with van der Waals surface area (Å²) in [7, 11) is 3.31. The van der Waals surface area contributed by atoms with Gasteiger partial charge in [-0.05, 0) is 12.2 Å². The smallest absolute Gasteiger partial charge is 0.433 e. The number of nitrogens with zero attached hydrogens (tertiary/aromatic N) is 1. The van der Waals surface area contributed by atoms with Gasteiger partial charge in [0.2, 0.25) is 0 Å². The molecule has 0 aromatic heterocycles. The van der Waals surface area contributed by atoms with Crippen LogP contribution in [0.15, 0.2) is 0 Å². The SMILES string of the molecule is CSSC(COC(=O)OCC#N)C(C)C. The average Bonchev–Trinajstić information content (AvgIpc) is 2.20. The summed E-state index contributed by atoms with van der Waals surface area (Å²) in [6, 6.07) is 1.70. The Kier molecular flexibility index (Phi) is 8.43. The second kappa shape index (κ2) is 8.74. The van der Waals surface area contributed by atoms with Crippen LogP contribution in [0.1, 0.15) is 13.8 Å². The van der Waals surface area contributed by atoms with Gasteiger partial charge in [0.1, 0.15) is 12.7 Å². The van der Waals surface area contributed by atoms with Crippen molar-refractivity contribution >= 4 is 27.7 Å². The Morgan fingerprint density at radius 1 is 1.47 bits per heavy atom. The van der Waals surface area contributed by atoms with E-state index in [-0.39, 0.29) is 11.9 Å². The lowest BCUT2D eigenvalue weighted by Gasteiger charge is -2.18. The summed E-state index contributed by atoms with van der Waals surface area (Å²) in [4.78, 5) is 10.9. The van der Waals surface area contributed by atoms with Gasteiger partial charge < -0.3 is 9.47 Å². The number of hydrogen-bond acceptors (Lipinski definition) is 6. The van der Waals surface area contributed by atoms with E-state index < -0.39 is 6.16 Å². The van der Waals surface area contributed by atoms with E-state index in [1.54, 1.807) is 27.7 Å². The predicted octanol–water partition coefficient (Wildman–Crippen LogP) is 2.70. The highest BCUT2D eigenvalue weighted by molar-refractivity contribution is 8.76. The lowest BCUT2D eigenvalue weighted by Crippen LogP contribution is -2.21. The van der Waals surface area contributed by atoms with Crippen molar-refractivity contribution in [2.75, 3.05) is 19.5 Å². The minimum absolute atomic E-state index is 0.245. The first kappa shape index (κ1) is 14.5. The Bertz CT molecular complexity index is 228. The molecule has 0 rings (SSSR count). The minimum atomic E-state index is -0.774. The van der Waals surface area contributed by atoms with E-state index in [0.29, 0.717) is 12.5 Å². The Hall–Kier alpha value is -0.540. The minimum Gasteiger partial charge on any atom is -0.433 e. The van der Waals surface area contributed by atoms with Crippen LogP contribution >= 0.6 is 21.6 Å². The predicted molar refractivity (Wildman–Crippen MR) is 62.6 cm³/mol. The van der Waals surface area contributed by atoms with Crippen LogP contribution in [0.2, 0.25) is 0 Å². The van der Waals surface area contributed by atoms with Crippen molar-refractivity contribution in [3.8, 4) is 6.07 Å². The lowest BCUT2D eigenvalue weighted by molar-refractivity contribution is 0.0625. The zero-order valence-electron chi connectivity index (χ0n) is 9.06. The summed E-state index contributed by atoms with van der Waals surface area (Å²) >= 11 is 0. The second-order valence-corrected chi connectivity index (χ2v) is 5.76. The van der Waals surface area contributed by atoms with Gasteiger partial charge in [-0.1, -0.05) is 35.4 Å². The van der Waals surface area contributed by atoms with Crippen molar-refractivity contribution in [2.24, 2.45) is 5.92 Å². The van der Waals surface area contributed by atoms with Gasteiger partial charge in [-0.25, -0.2) is 4.79 Å². The zero-order chi connectivity index (χ0) is 11.7. The van der Waals surface area contributed by atoms with E-state index in [0.717, 1.165) is 0 Å². The fourth-order valence-electron chi connectivity index (χ4n) is 0.738. The number of rotatable bonds is 6. The zero-order valence-corrected chi connectivity index (χ0v) is 10.7. The summed E-state index contributed by atoms with van der Waals surface area (Å²) in [6.07, 6.45) is 1.21. The molecule has 0 aliphatic carbocycles. The van der Waals surface area contributed by atoms with E-state index in [4.69, 9.17) is 10.00 Å². The molecule has 0 bridgehead atoms. The van der Waals surface area contributed by atoms with Crippen LogP contribution in [0, 0.1) is 17.2 Å². The standard InChI is InChI=1S/C9H15NO3S2/c1-7(2)8(15-14-3)6-13-9(11)12-5-4-10/h7-8H,5-6H2,1-3H3. The number of carbonyl (C=O) groups excluding carboxylic acids is 1. The van der Waals surface area contributed by atoms with E-state index in [9.17, 15) is 4.79 Å². The van der Waals surface area contributed by atoms with E-state index >= 15 is 0 Å². The maximum atomic E-state index is 10.9. The largest absolute Gasteiger partial charge is 0.509 e. The molecule has 1 unspecified atom stereocenters. The maximum Gasteiger partial charge on any atom is 0.509 e. The quantitative estimate of drug-likeness (QED) is 0.533. The monoisotopic (exact) mass is 249 g/mol. The first-order valence-corrected chi connectivity index (χ1v) is 7.10. The highest BCUT2D eigenvalue weighted by atomic mass is 33.1. The van der Waals surface area contributed by atoms with Gasteiger partial charge in [-0.2, -0.15) is 5.26 Å². The van der Waals surface area contributed by atoms with Gasteiger partial charge in [-0.3, -0.25) is 0 Å². The number of nitriles is 1. The number of ether oxygens (including phenoxy) is 2. The van der Waals surface area contributed by atoms with Gasteiger partial charge in [0.05, 0.1) is 5.25 Å². The van der Waals surface area contributed by atoms with E-state index in [2.05, 4.69) is 18.6 Å². The number of carbonyl (C=O) groups is 1. The molecule has 4 nitrogen and oxygen atoms in total. The molecule has 0 radical (unpaired) electrons. The first-order chi connectivity index (χ1) is 7.11. The maximum absolute atomic E-state index is 10.9. The topological polar surface area (TPSA) is 59.3 Å². The molecular formula is C9H15NO3S2. The first-order valence-electron chi connectivity index (χ1n) is 4.47. The molecule has 0 saturated heterocycles. The van der Waals surface area contributed by atoms with Crippen LogP contribution in [0.4, 0.5) is 4.79 Å². The normalized spacial score (nSPS) is 11.9. The van der Waals surface area contributed by atoms with Crippen LogP contribution in [-0.4, -0.2) is 30.9 Å². The Labute approximate surface area is 98.1 Å². The van der Waals surface area contributed by atoms with E-state index in [1.807, 2.05) is 6.26 Å². The van der Waals surface area contributed by atoms with Crippen molar-refractivity contribution in [1.82, 2.24) is 0 Å². The Morgan fingerprint density at radius 3 is 2.60 bits per heavy atom. The molecule has 0 saturated carbocycles. The molecule has 0 N–H and O–H groups in total. The molecule has 86 valence electrons. The third-order valence-electron chi connectivity index (χ3n) is 1.58. The number of hydrogen-bond donors (Lipinski definition) is 0. The van der Waals surface area contributed by atoms with Crippen LogP contribution in [-0.2, 0) is 9.47 Å². The second-order valence-electron chi connectivity index (χ2n) is 3.05. The van der Waals surface area contributed by atoms with Gasteiger partial charge in [0.25, 0.3) is 0 Å². The van der Waals surface area contributed by atoms with Crippen molar-refractivity contribution in [2.45, 2.75) is 19.1 Å². The summed E-state index contributed by atoms with van der Waals surface area (Å²) in [5.74, 6) is 0.422. The van der Waals surface area contributed by atoms with Crippen molar-refractivity contribution in [3.63, 3.8) is 0 Å². The summed E-state index contributed by atoms with van der Waals surface area (Å²) in [5.41, 5.74) is 0. The summed E-state index contributed by atoms with van der Waals surface area (Å²) in [5, 5.41) is 8.42. The molecule has 0 aromatic carbocycles. The molecule has 0 aliphatic heterocycles. The summed E-state index contributed by atoms with van der Waals surface area (Å²) < 4.78 is 9.33. The highest BCUT2D eigenvalue weighted by Crippen LogP contribution is 2.29. The Morgan fingerprint density at radius 2 is 2.13 bits per heavy atom. The third-order valence-corrected chi connectivity index (χ3v) is 4.02. The van der Waals surface area contributed by atoms with Gasteiger partial charge in [0, 0.05) is 0 Å². The molecule has 0 fully saturated rings. The molecule has 0 amide bonds. The molecular weight excluding hydrogens is 234 g/mol. The molecule has 0 spiro atoms. The van der Waals surface area contributed by atoms with E-state index in [1.165, 1.54) is 0 Å². The molecule has 6 heteroatoms. The molecule has 15 heavy (non-hydrogen) atoms. The molecule has 0 aliphatic rings. The van der Waals surface area contributed by atoms with Crippen molar-refractivity contribution in [1.29, 1.82) is 5.26 Å². The van der Waals surface area contributed by atoms with Crippen LogP contribution in [0.3, 0.4) is 0 Å². The van der Waals surface area contributed by atoms with Crippen molar-refractivity contribution in [3.05, 3.63) is 0 Å². The fraction of sp³-hybridized carbons (Fsp3) is 0.778. The highest BCUT2D eigenvalue weighted by Gasteiger charge is 2.16. The van der Waals surface area contributed by atoms with Gasteiger partial charge in [0.15, 0.2) is 6.61 Å². The van der Waals surface area contributed by atoms with Crippen LogP contribution in [0.5, 0.6) is 0 Å².